The van der Waals surface area contributed by atoms with Gasteiger partial charge in [0.25, 0.3) is 0 Å². The highest BCUT2D eigenvalue weighted by atomic mass is 35.5. The molecule has 0 aliphatic heterocycles. The predicted octanol–water partition coefficient (Wildman–Crippen LogP) is 5.61. The summed E-state index contributed by atoms with van der Waals surface area (Å²) in [6.07, 6.45) is 1.85. The van der Waals surface area contributed by atoms with E-state index in [1.54, 1.807) is 13.0 Å². The number of halogens is 1. The van der Waals surface area contributed by atoms with E-state index in [-0.39, 0.29) is 23.7 Å². The van der Waals surface area contributed by atoms with E-state index in [1.807, 2.05) is 47.2 Å². The Kier molecular flexibility index (Phi) is 5.29. The zero-order valence-electron chi connectivity index (χ0n) is 16.2. The maximum absolute atomic E-state index is 12.7. The molecule has 1 aromatic heterocycles. The average molecular weight is 419 g/mol. The van der Waals surface area contributed by atoms with Crippen molar-refractivity contribution in [2.45, 2.75) is 13.5 Å². The number of carbonyl (C=O) groups is 2. The number of hydrogen-bond acceptors (Lipinski definition) is 2. The molecular formula is C24H19ClN2O3. The van der Waals surface area contributed by atoms with Crippen LogP contribution in [-0.2, 0) is 11.3 Å². The maximum Gasteiger partial charge on any atom is 0.337 e. The fraction of sp³-hybridized carbons (Fsp3) is 0.0833. The molecule has 0 spiro atoms. The quantitative estimate of drug-likeness (QED) is 0.442. The van der Waals surface area contributed by atoms with Crippen molar-refractivity contribution in [1.82, 2.24) is 4.57 Å². The van der Waals surface area contributed by atoms with Crippen molar-refractivity contribution < 1.29 is 14.7 Å². The minimum absolute atomic E-state index is 0.0294. The molecule has 2 N–H and O–H groups in total. The molecule has 4 aromatic rings. The summed E-state index contributed by atoms with van der Waals surface area (Å²) in [6, 6.07) is 21.1. The first kappa shape index (κ1) is 19.7. The number of aromatic nitrogens is 1. The van der Waals surface area contributed by atoms with Crippen molar-refractivity contribution in [1.29, 1.82) is 0 Å². The number of nitrogens with one attached hydrogen (secondary N) is 1. The van der Waals surface area contributed by atoms with E-state index in [0.717, 1.165) is 22.0 Å². The first-order chi connectivity index (χ1) is 14.4. The number of amides is 1. The minimum Gasteiger partial charge on any atom is -0.478 e. The van der Waals surface area contributed by atoms with Crippen LogP contribution in [0, 0.1) is 6.92 Å². The number of fused-ring (bicyclic) bond motifs is 1. The molecule has 0 atom stereocenters. The standard InChI is InChI=1S/C24H19ClN2O3/c1-15-11-19(25)13-20(24(29)30)23(15)26-22(28)14-27-10-9-18-12-17(7-8-21(18)27)16-5-3-2-4-6-16/h2-13H,14H2,1H3,(H,26,28)(H,29,30). The summed E-state index contributed by atoms with van der Waals surface area (Å²) in [5.41, 5.74) is 3.99. The smallest absolute Gasteiger partial charge is 0.337 e. The molecule has 150 valence electrons. The molecule has 0 aliphatic rings. The van der Waals surface area contributed by atoms with Crippen molar-refractivity contribution in [3.05, 3.63) is 89.1 Å². The first-order valence-corrected chi connectivity index (χ1v) is 9.78. The third-order valence-corrected chi connectivity index (χ3v) is 5.21. The van der Waals surface area contributed by atoms with Gasteiger partial charge in [-0.15, -0.1) is 0 Å². The topological polar surface area (TPSA) is 71.3 Å². The normalized spacial score (nSPS) is 10.9. The molecule has 6 heteroatoms. The van der Waals surface area contributed by atoms with Gasteiger partial charge in [-0.05, 0) is 53.9 Å². The Morgan fingerprint density at radius 1 is 1.00 bits per heavy atom. The summed E-state index contributed by atoms with van der Waals surface area (Å²) in [5, 5.41) is 13.5. The van der Waals surface area contributed by atoms with Gasteiger partial charge in [0.2, 0.25) is 5.91 Å². The minimum atomic E-state index is -1.14. The molecule has 30 heavy (non-hydrogen) atoms. The number of nitrogens with zero attached hydrogens (tertiary/aromatic N) is 1. The summed E-state index contributed by atoms with van der Waals surface area (Å²) in [5.74, 6) is -1.46. The molecule has 0 radical (unpaired) electrons. The summed E-state index contributed by atoms with van der Waals surface area (Å²) in [4.78, 5) is 24.2. The van der Waals surface area contributed by atoms with E-state index in [2.05, 4.69) is 23.5 Å². The van der Waals surface area contributed by atoms with Gasteiger partial charge < -0.3 is 15.0 Å². The van der Waals surface area contributed by atoms with Gasteiger partial charge in [-0.3, -0.25) is 4.79 Å². The Morgan fingerprint density at radius 2 is 1.77 bits per heavy atom. The number of carboxylic acids is 1. The van der Waals surface area contributed by atoms with Gasteiger partial charge in [0.05, 0.1) is 11.3 Å². The number of carbonyl (C=O) groups excluding carboxylic acids is 1. The van der Waals surface area contributed by atoms with Crippen molar-refractivity contribution in [2.24, 2.45) is 0 Å². The SMILES string of the molecule is Cc1cc(Cl)cc(C(=O)O)c1NC(=O)Cn1ccc2cc(-c3ccccc3)ccc21. The van der Waals surface area contributed by atoms with E-state index >= 15 is 0 Å². The number of benzene rings is 3. The van der Waals surface area contributed by atoms with Crippen molar-refractivity contribution >= 4 is 40.1 Å². The fourth-order valence-corrected chi connectivity index (χ4v) is 3.83. The summed E-state index contributed by atoms with van der Waals surface area (Å²) in [7, 11) is 0. The zero-order chi connectivity index (χ0) is 21.3. The molecule has 5 nitrogen and oxygen atoms in total. The summed E-state index contributed by atoms with van der Waals surface area (Å²) >= 11 is 5.96. The van der Waals surface area contributed by atoms with Gasteiger partial charge in [0, 0.05) is 22.1 Å². The second kappa shape index (κ2) is 8.05. The van der Waals surface area contributed by atoms with Gasteiger partial charge in [-0.2, -0.15) is 0 Å². The Balaban J connectivity index is 1.58. The lowest BCUT2D eigenvalue weighted by Gasteiger charge is -2.13. The lowest BCUT2D eigenvalue weighted by molar-refractivity contribution is -0.116. The van der Waals surface area contributed by atoms with Crippen LogP contribution in [0.15, 0.2) is 72.9 Å². The monoisotopic (exact) mass is 418 g/mol. The van der Waals surface area contributed by atoms with Crippen LogP contribution in [0.2, 0.25) is 5.02 Å². The van der Waals surface area contributed by atoms with E-state index < -0.39 is 5.97 Å². The van der Waals surface area contributed by atoms with Crippen molar-refractivity contribution in [3.63, 3.8) is 0 Å². The third kappa shape index (κ3) is 3.93. The van der Waals surface area contributed by atoms with E-state index in [1.165, 1.54) is 6.07 Å². The molecule has 0 bridgehead atoms. The molecule has 0 saturated heterocycles. The molecule has 0 unspecified atom stereocenters. The number of anilines is 1. The van der Waals surface area contributed by atoms with Gasteiger partial charge in [0.1, 0.15) is 6.54 Å². The number of rotatable bonds is 5. The molecule has 1 heterocycles. The van der Waals surface area contributed by atoms with Crippen LogP contribution < -0.4 is 5.32 Å². The molecule has 0 saturated carbocycles. The van der Waals surface area contributed by atoms with Gasteiger partial charge in [-0.25, -0.2) is 4.79 Å². The van der Waals surface area contributed by atoms with Crippen molar-refractivity contribution in [2.75, 3.05) is 5.32 Å². The molecular weight excluding hydrogens is 400 g/mol. The van der Waals surface area contributed by atoms with Crippen LogP contribution in [0.1, 0.15) is 15.9 Å². The van der Waals surface area contributed by atoms with Gasteiger partial charge in [0.15, 0.2) is 0 Å². The van der Waals surface area contributed by atoms with Crippen LogP contribution in [0.4, 0.5) is 5.69 Å². The fourth-order valence-electron chi connectivity index (χ4n) is 3.56. The summed E-state index contributed by atoms with van der Waals surface area (Å²) in [6.45, 7) is 1.78. The lowest BCUT2D eigenvalue weighted by atomic mass is 10.0. The second-order valence-electron chi connectivity index (χ2n) is 7.08. The number of hydrogen-bond donors (Lipinski definition) is 2. The third-order valence-electron chi connectivity index (χ3n) is 4.99. The van der Waals surface area contributed by atoms with Crippen molar-refractivity contribution in [3.8, 4) is 11.1 Å². The number of aromatic carboxylic acids is 1. The second-order valence-corrected chi connectivity index (χ2v) is 7.52. The molecule has 4 rings (SSSR count). The first-order valence-electron chi connectivity index (χ1n) is 9.40. The molecule has 1 amide bonds. The Morgan fingerprint density at radius 3 is 2.50 bits per heavy atom. The Bertz CT molecular complexity index is 1260. The molecule has 3 aromatic carbocycles. The van der Waals surface area contributed by atoms with Crippen LogP contribution in [0.25, 0.3) is 22.0 Å². The number of aryl methyl sites for hydroxylation is 1. The maximum atomic E-state index is 12.7. The summed E-state index contributed by atoms with van der Waals surface area (Å²) < 4.78 is 1.84. The van der Waals surface area contributed by atoms with Crippen LogP contribution in [0.5, 0.6) is 0 Å². The Hall–Kier alpha value is -3.57. The average Bonchev–Trinajstić information content (AvgIpc) is 3.12. The largest absolute Gasteiger partial charge is 0.478 e. The molecule has 0 aliphatic carbocycles. The van der Waals surface area contributed by atoms with Crippen LogP contribution >= 0.6 is 11.6 Å². The lowest BCUT2D eigenvalue weighted by Crippen LogP contribution is -2.20. The van der Waals surface area contributed by atoms with Crippen LogP contribution in [-0.4, -0.2) is 21.6 Å². The van der Waals surface area contributed by atoms with E-state index in [0.29, 0.717) is 10.6 Å². The Labute approximate surface area is 178 Å². The highest BCUT2D eigenvalue weighted by molar-refractivity contribution is 6.31. The molecule has 0 fully saturated rings. The zero-order valence-corrected chi connectivity index (χ0v) is 17.0. The number of carboxylic acid groups (broad SMARTS) is 1. The van der Waals surface area contributed by atoms with Gasteiger partial charge >= 0.3 is 5.97 Å². The van der Waals surface area contributed by atoms with Crippen LogP contribution in [0.3, 0.4) is 0 Å². The van der Waals surface area contributed by atoms with E-state index in [4.69, 9.17) is 11.6 Å². The van der Waals surface area contributed by atoms with Gasteiger partial charge in [-0.1, -0.05) is 48.0 Å². The van der Waals surface area contributed by atoms with E-state index in [9.17, 15) is 14.7 Å². The highest BCUT2D eigenvalue weighted by Gasteiger charge is 2.17. The highest BCUT2D eigenvalue weighted by Crippen LogP contribution is 2.27. The predicted molar refractivity (Wildman–Crippen MR) is 119 cm³/mol.